The Labute approximate surface area is 169 Å². The Kier molecular flexibility index (Phi) is 5.91. The molecule has 144 valence electrons. The van der Waals surface area contributed by atoms with E-state index in [4.69, 9.17) is 12.2 Å². The zero-order valence-electron chi connectivity index (χ0n) is 15.8. The number of rotatable bonds is 5. The maximum Gasteiger partial charge on any atom is 0.327 e. The van der Waals surface area contributed by atoms with E-state index in [2.05, 4.69) is 24.1 Å². The first-order valence-electron chi connectivity index (χ1n) is 9.17. The summed E-state index contributed by atoms with van der Waals surface area (Å²) in [5, 5.41) is 9.62. The fraction of sp³-hybridized carbons (Fsp3) is 0.450. The number of carboxylic acids is 1. The van der Waals surface area contributed by atoms with Gasteiger partial charge in [-0.3, -0.25) is 9.69 Å². The highest BCUT2D eigenvalue weighted by Gasteiger charge is 2.42. The van der Waals surface area contributed by atoms with Crippen molar-refractivity contribution in [1.82, 2.24) is 4.90 Å². The molecule has 0 spiro atoms. The maximum absolute atomic E-state index is 12.9. The molecule has 1 aromatic rings. The third-order valence-corrected chi connectivity index (χ3v) is 6.62. The summed E-state index contributed by atoms with van der Waals surface area (Å²) in [6.07, 6.45) is 4.62. The molecule has 2 heterocycles. The maximum atomic E-state index is 12.9. The van der Waals surface area contributed by atoms with Crippen LogP contribution in [0, 0.1) is 5.92 Å². The van der Waals surface area contributed by atoms with Gasteiger partial charge >= 0.3 is 5.97 Å². The molecule has 1 fully saturated rings. The zero-order chi connectivity index (χ0) is 19.7. The first-order valence-corrected chi connectivity index (χ1v) is 10.4. The molecule has 0 saturated carbocycles. The molecule has 0 aliphatic carbocycles. The molecule has 0 aromatic heterocycles. The molecule has 0 bridgehead atoms. The highest BCUT2D eigenvalue weighted by molar-refractivity contribution is 8.26. The molecule has 2 unspecified atom stereocenters. The largest absolute Gasteiger partial charge is 0.480 e. The predicted molar refractivity (Wildman–Crippen MR) is 114 cm³/mol. The van der Waals surface area contributed by atoms with E-state index < -0.39 is 12.0 Å². The molecule has 1 amide bonds. The Bertz CT molecular complexity index is 821. The van der Waals surface area contributed by atoms with Crippen molar-refractivity contribution >= 4 is 51.9 Å². The van der Waals surface area contributed by atoms with Crippen LogP contribution in [0.5, 0.6) is 0 Å². The number of benzene rings is 1. The molecule has 1 aromatic carbocycles. The Morgan fingerprint density at radius 2 is 2.19 bits per heavy atom. The van der Waals surface area contributed by atoms with Crippen molar-refractivity contribution < 1.29 is 14.7 Å². The minimum atomic E-state index is -1.02. The van der Waals surface area contributed by atoms with Crippen molar-refractivity contribution in [3.63, 3.8) is 0 Å². The normalized spacial score (nSPS) is 20.8. The number of carbonyl (C=O) groups excluding carboxylic acids is 1. The molecular formula is C20H24N2O3S2. The van der Waals surface area contributed by atoms with Crippen LogP contribution in [0.1, 0.15) is 37.8 Å². The number of thiocarbonyl (C=S) groups is 1. The molecule has 3 rings (SSSR count). The average molecular weight is 405 g/mol. The lowest BCUT2D eigenvalue weighted by atomic mass is 9.97. The van der Waals surface area contributed by atoms with Gasteiger partial charge in [0.05, 0.1) is 4.91 Å². The number of nitrogens with zero attached hydrogens (tertiary/aromatic N) is 2. The first kappa shape index (κ1) is 19.9. The number of hydrogen-bond donors (Lipinski definition) is 1. The summed E-state index contributed by atoms with van der Waals surface area (Å²) < 4.78 is 0.316. The van der Waals surface area contributed by atoms with Gasteiger partial charge < -0.3 is 10.0 Å². The lowest BCUT2D eigenvalue weighted by Gasteiger charge is -2.28. The van der Waals surface area contributed by atoms with Crippen LogP contribution in [0.2, 0.25) is 0 Å². The molecule has 1 saturated heterocycles. The van der Waals surface area contributed by atoms with Crippen LogP contribution in [0.25, 0.3) is 6.08 Å². The van der Waals surface area contributed by atoms with Gasteiger partial charge in [0, 0.05) is 19.3 Å². The summed E-state index contributed by atoms with van der Waals surface area (Å²) in [6.45, 7) is 4.80. The Balaban J connectivity index is 1.89. The minimum Gasteiger partial charge on any atom is -0.480 e. The van der Waals surface area contributed by atoms with Crippen molar-refractivity contribution in [3.05, 3.63) is 34.2 Å². The third kappa shape index (κ3) is 3.89. The van der Waals surface area contributed by atoms with Crippen LogP contribution in [0.15, 0.2) is 23.1 Å². The quantitative estimate of drug-likeness (QED) is 0.595. The molecule has 27 heavy (non-hydrogen) atoms. The van der Waals surface area contributed by atoms with Crippen LogP contribution in [0.3, 0.4) is 0 Å². The van der Waals surface area contributed by atoms with Crippen molar-refractivity contribution in [3.8, 4) is 0 Å². The van der Waals surface area contributed by atoms with Crippen molar-refractivity contribution in [2.45, 2.75) is 39.2 Å². The van der Waals surface area contributed by atoms with Crippen LogP contribution in [-0.4, -0.2) is 45.8 Å². The van der Waals surface area contributed by atoms with Crippen molar-refractivity contribution in [2.24, 2.45) is 5.92 Å². The summed E-state index contributed by atoms with van der Waals surface area (Å²) in [4.78, 5) is 28.7. The Hall–Kier alpha value is -1.86. The molecule has 5 nitrogen and oxygen atoms in total. The molecule has 1 N–H and O–H groups in total. The number of hydrogen-bond acceptors (Lipinski definition) is 5. The lowest BCUT2D eigenvalue weighted by Crippen LogP contribution is -2.47. The second kappa shape index (κ2) is 8.02. The molecule has 2 atom stereocenters. The van der Waals surface area contributed by atoms with Crippen LogP contribution < -0.4 is 4.90 Å². The van der Waals surface area contributed by atoms with Crippen molar-refractivity contribution in [2.75, 3.05) is 18.5 Å². The van der Waals surface area contributed by atoms with E-state index in [-0.39, 0.29) is 11.8 Å². The summed E-state index contributed by atoms with van der Waals surface area (Å²) in [5.41, 5.74) is 3.45. The van der Waals surface area contributed by atoms with Crippen LogP contribution >= 0.6 is 24.0 Å². The third-order valence-electron chi connectivity index (χ3n) is 5.29. The number of thioether (sulfide) groups is 1. The summed E-state index contributed by atoms with van der Waals surface area (Å²) in [7, 11) is 2.09. The number of carbonyl (C=O) groups is 2. The van der Waals surface area contributed by atoms with Gasteiger partial charge in [-0.15, -0.1) is 0 Å². The fourth-order valence-electron chi connectivity index (χ4n) is 3.60. The highest BCUT2D eigenvalue weighted by atomic mass is 32.2. The number of aliphatic carboxylic acids is 1. The number of amides is 1. The van der Waals surface area contributed by atoms with Gasteiger partial charge in [0.1, 0.15) is 10.4 Å². The van der Waals surface area contributed by atoms with Crippen LogP contribution in [0.4, 0.5) is 5.69 Å². The van der Waals surface area contributed by atoms with Gasteiger partial charge in [0.2, 0.25) is 0 Å². The zero-order valence-corrected chi connectivity index (χ0v) is 17.4. The lowest BCUT2D eigenvalue weighted by molar-refractivity contribution is -0.147. The number of fused-ring (bicyclic) bond motifs is 1. The summed E-state index contributed by atoms with van der Waals surface area (Å²) >= 11 is 6.53. The molecule has 7 heteroatoms. The highest BCUT2D eigenvalue weighted by Crippen LogP contribution is 2.36. The second-order valence-corrected chi connectivity index (χ2v) is 8.81. The van der Waals surface area contributed by atoms with E-state index in [1.165, 1.54) is 27.9 Å². The topological polar surface area (TPSA) is 60.9 Å². The van der Waals surface area contributed by atoms with Gasteiger partial charge in [-0.2, -0.15) is 0 Å². The van der Waals surface area contributed by atoms with Gasteiger partial charge in [-0.1, -0.05) is 50.3 Å². The Morgan fingerprint density at radius 1 is 1.44 bits per heavy atom. The van der Waals surface area contributed by atoms with E-state index in [9.17, 15) is 14.7 Å². The number of carboxylic acid groups (broad SMARTS) is 1. The van der Waals surface area contributed by atoms with Gasteiger partial charge in [0.25, 0.3) is 5.91 Å². The monoisotopic (exact) mass is 404 g/mol. The van der Waals surface area contributed by atoms with Gasteiger partial charge in [-0.25, -0.2) is 4.79 Å². The minimum absolute atomic E-state index is 0.177. The van der Waals surface area contributed by atoms with Crippen molar-refractivity contribution in [1.29, 1.82) is 0 Å². The van der Waals surface area contributed by atoms with Gasteiger partial charge in [0.15, 0.2) is 0 Å². The molecule has 2 aliphatic heterocycles. The van der Waals surface area contributed by atoms with E-state index >= 15 is 0 Å². The molecule has 0 radical (unpaired) electrons. The second-order valence-electron chi connectivity index (χ2n) is 7.13. The number of aryl methyl sites for hydroxylation is 1. The average Bonchev–Trinajstić information content (AvgIpc) is 2.89. The van der Waals surface area contributed by atoms with E-state index in [0.717, 1.165) is 24.9 Å². The standard InChI is InChI=1S/C20H24N2O3S2/c1-4-12(2)17(19(24)25)22-18(23)16(27-20(22)26)11-13-7-8-15-14(10-13)6-5-9-21(15)3/h7-8,10-12,17H,4-6,9H2,1-3H3,(H,24,25)/b16-11-. The molecular weight excluding hydrogens is 380 g/mol. The first-order chi connectivity index (χ1) is 12.8. The van der Waals surface area contributed by atoms with E-state index in [1.807, 2.05) is 26.0 Å². The van der Waals surface area contributed by atoms with E-state index in [0.29, 0.717) is 15.6 Å². The van der Waals surface area contributed by atoms with Gasteiger partial charge in [-0.05, 0) is 48.1 Å². The van der Waals surface area contributed by atoms with E-state index in [1.54, 1.807) is 0 Å². The summed E-state index contributed by atoms with van der Waals surface area (Å²) in [5.74, 6) is -1.50. The SMILES string of the molecule is CCC(C)C(C(=O)O)N1C(=O)/C(=C/c2ccc3c(c2)CCCN3C)SC1=S. The number of anilines is 1. The fourth-order valence-corrected chi connectivity index (χ4v) is 4.93. The van der Waals surface area contributed by atoms with Crippen LogP contribution in [-0.2, 0) is 16.0 Å². The predicted octanol–water partition coefficient (Wildman–Crippen LogP) is 3.77. The summed E-state index contributed by atoms with van der Waals surface area (Å²) in [6, 6.07) is 5.27. The smallest absolute Gasteiger partial charge is 0.327 e. The Morgan fingerprint density at radius 3 is 2.85 bits per heavy atom. The molecule has 2 aliphatic rings.